The van der Waals surface area contributed by atoms with Gasteiger partial charge in [0.2, 0.25) is 0 Å². The average Bonchev–Trinajstić information content (AvgIpc) is 3.43. The van der Waals surface area contributed by atoms with Gasteiger partial charge >= 0.3 is 0 Å². The van der Waals surface area contributed by atoms with Gasteiger partial charge in [0, 0.05) is 0 Å². The smallest absolute Gasteiger partial charge is 0.000705 e. The van der Waals surface area contributed by atoms with Crippen molar-refractivity contribution in [1.29, 1.82) is 0 Å². The molecule has 8 rings (SSSR count). The Kier molecular flexibility index (Phi) is 3.59. The summed E-state index contributed by atoms with van der Waals surface area (Å²) in [6.45, 7) is 0. The van der Waals surface area contributed by atoms with Crippen LogP contribution in [0.25, 0.3) is 54.9 Å². The molecule has 0 saturated heterocycles. The number of rotatable bonds is 1. The summed E-state index contributed by atoms with van der Waals surface area (Å²) in [4.78, 5) is 0. The standard InChI is InChI=1S/C34H22/c1-4-11-26-21(8-1)17-24-18-32-25(19-31(24)26)20-33-29(32)14-7-15-30(33)34-27-12-5-2-9-22(27)16-23-10-3-6-13-28(23)34/h1-16,18-19H,17,20H2. The maximum Gasteiger partial charge on any atom is -0.000705 e. The van der Waals surface area contributed by atoms with Crippen molar-refractivity contribution < 1.29 is 0 Å². The van der Waals surface area contributed by atoms with Gasteiger partial charge in [0.15, 0.2) is 0 Å². The van der Waals surface area contributed by atoms with Crippen molar-refractivity contribution in [1.82, 2.24) is 0 Å². The number of fused-ring (bicyclic) bond motifs is 8. The molecule has 6 aromatic carbocycles. The molecule has 6 aromatic rings. The van der Waals surface area contributed by atoms with E-state index in [4.69, 9.17) is 0 Å². The highest BCUT2D eigenvalue weighted by Gasteiger charge is 2.27. The lowest BCUT2D eigenvalue weighted by atomic mass is 9.88. The molecule has 2 aliphatic rings. The van der Waals surface area contributed by atoms with Gasteiger partial charge in [-0.15, -0.1) is 0 Å². The Hall–Kier alpha value is -4.16. The summed E-state index contributed by atoms with van der Waals surface area (Å²) in [7, 11) is 0. The van der Waals surface area contributed by atoms with E-state index < -0.39 is 0 Å². The molecule has 2 aliphatic carbocycles. The van der Waals surface area contributed by atoms with Gasteiger partial charge in [0.1, 0.15) is 0 Å². The molecule has 158 valence electrons. The summed E-state index contributed by atoms with van der Waals surface area (Å²) in [5, 5.41) is 5.28. The first-order chi connectivity index (χ1) is 16.8. The predicted octanol–water partition coefficient (Wildman–Crippen LogP) is 8.80. The van der Waals surface area contributed by atoms with E-state index in [0.29, 0.717) is 0 Å². The second kappa shape index (κ2) is 6.68. The lowest BCUT2D eigenvalue weighted by Gasteiger charge is -2.15. The molecule has 0 heteroatoms. The molecular formula is C34H22. The second-order valence-corrected chi connectivity index (χ2v) is 9.70. The molecule has 0 bridgehead atoms. The third-order valence-electron chi connectivity index (χ3n) is 7.89. The molecule has 0 saturated carbocycles. The van der Waals surface area contributed by atoms with Crippen LogP contribution in [-0.4, -0.2) is 0 Å². The highest BCUT2D eigenvalue weighted by molar-refractivity contribution is 6.13. The van der Waals surface area contributed by atoms with Gasteiger partial charge in [-0.2, -0.15) is 0 Å². The van der Waals surface area contributed by atoms with E-state index in [1.165, 1.54) is 77.2 Å². The van der Waals surface area contributed by atoms with E-state index in [1.807, 2.05) is 0 Å². The van der Waals surface area contributed by atoms with Crippen LogP contribution < -0.4 is 0 Å². The molecule has 0 nitrogen and oxygen atoms in total. The van der Waals surface area contributed by atoms with Crippen LogP contribution in [0.3, 0.4) is 0 Å². The Morgan fingerprint density at radius 2 is 0.971 bits per heavy atom. The predicted molar refractivity (Wildman–Crippen MR) is 143 cm³/mol. The van der Waals surface area contributed by atoms with Gasteiger partial charge in [-0.1, -0.05) is 91.0 Å². The van der Waals surface area contributed by atoms with Crippen LogP contribution in [-0.2, 0) is 12.8 Å². The van der Waals surface area contributed by atoms with Crippen LogP contribution in [0.5, 0.6) is 0 Å². The topological polar surface area (TPSA) is 0 Å². The summed E-state index contributed by atoms with van der Waals surface area (Å²) in [6, 6.07) is 40.7. The normalized spacial score (nSPS) is 13.1. The first-order valence-corrected chi connectivity index (χ1v) is 12.1. The van der Waals surface area contributed by atoms with Crippen molar-refractivity contribution in [2.24, 2.45) is 0 Å². The fourth-order valence-corrected chi connectivity index (χ4v) is 6.38. The van der Waals surface area contributed by atoms with E-state index in [1.54, 1.807) is 0 Å². The van der Waals surface area contributed by atoms with Gasteiger partial charge in [0.05, 0.1) is 0 Å². The molecule has 0 radical (unpaired) electrons. The fraction of sp³-hybridized carbons (Fsp3) is 0.0588. The minimum Gasteiger partial charge on any atom is -0.0619 e. The first kappa shape index (κ1) is 18.3. The SMILES string of the molecule is c1ccc2c(c1)Cc1cc3c(cc1-2)Cc1c-3cccc1-c1c2ccccc2cc2ccccc12. The van der Waals surface area contributed by atoms with Crippen molar-refractivity contribution in [3.63, 3.8) is 0 Å². The third kappa shape index (κ3) is 2.43. The zero-order valence-corrected chi connectivity index (χ0v) is 18.8. The molecular weight excluding hydrogens is 408 g/mol. The molecule has 0 atom stereocenters. The number of hydrogen-bond acceptors (Lipinski definition) is 0. The van der Waals surface area contributed by atoms with E-state index >= 15 is 0 Å². The number of benzene rings is 6. The van der Waals surface area contributed by atoms with E-state index in [2.05, 4.69) is 109 Å². The Morgan fingerprint density at radius 1 is 0.382 bits per heavy atom. The zero-order valence-electron chi connectivity index (χ0n) is 18.8. The van der Waals surface area contributed by atoms with Crippen LogP contribution in [0.4, 0.5) is 0 Å². The largest absolute Gasteiger partial charge is 0.0619 e. The molecule has 34 heavy (non-hydrogen) atoms. The molecule has 0 fully saturated rings. The van der Waals surface area contributed by atoms with Crippen molar-refractivity contribution >= 4 is 21.5 Å². The molecule has 0 unspecified atom stereocenters. The average molecular weight is 431 g/mol. The molecule has 0 aliphatic heterocycles. The minimum absolute atomic E-state index is 0.994. The zero-order chi connectivity index (χ0) is 22.2. The molecule has 0 aromatic heterocycles. The Bertz CT molecular complexity index is 1750. The quantitative estimate of drug-likeness (QED) is 0.228. The molecule has 0 N–H and O–H groups in total. The molecule has 0 heterocycles. The lowest BCUT2D eigenvalue weighted by Crippen LogP contribution is -1.91. The Morgan fingerprint density at radius 3 is 1.76 bits per heavy atom. The maximum atomic E-state index is 2.47. The Balaban J connectivity index is 1.38. The highest BCUT2D eigenvalue weighted by atomic mass is 14.3. The van der Waals surface area contributed by atoms with Crippen LogP contribution in [0.1, 0.15) is 22.3 Å². The van der Waals surface area contributed by atoms with Gasteiger partial charge in [-0.05, 0) is 108 Å². The highest BCUT2D eigenvalue weighted by Crippen LogP contribution is 2.48. The Labute approximate surface area is 199 Å². The van der Waals surface area contributed by atoms with Crippen LogP contribution in [0, 0.1) is 0 Å². The van der Waals surface area contributed by atoms with Crippen LogP contribution in [0.15, 0.2) is 109 Å². The summed E-state index contributed by atoms with van der Waals surface area (Å²) in [5.41, 5.74) is 14.3. The molecule has 0 amide bonds. The minimum atomic E-state index is 0.994. The van der Waals surface area contributed by atoms with Crippen LogP contribution >= 0.6 is 0 Å². The maximum absolute atomic E-state index is 2.47. The first-order valence-electron chi connectivity index (χ1n) is 12.1. The fourth-order valence-electron chi connectivity index (χ4n) is 6.38. The van der Waals surface area contributed by atoms with Crippen LogP contribution in [0.2, 0.25) is 0 Å². The summed E-state index contributed by atoms with van der Waals surface area (Å²) in [5.74, 6) is 0. The second-order valence-electron chi connectivity index (χ2n) is 9.70. The monoisotopic (exact) mass is 430 g/mol. The van der Waals surface area contributed by atoms with E-state index in [-0.39, 0.29) is 0 Å². The van der Waals surface area contributed by atoms with Crippen molar-refractivity contribution in [2.75, 3.05) is 0 Å². The third-order valence-corrected chi connectivity index (χ3v) is 7.89. The van der Waals surface area contributed by atoms with Gasteiger partial charge in [0.25, 0.3) is 0 Å². The van der Waals surface area contributed by atoms with Crippen molar-refractivity contribution in [3.05, 3.63) is 131 Å². The summed E-state index contributed by atoms with van der Waals surface area (Å²) < 4.78 is 0. The van der Waals surface area contributed by atoms with E-state index in [0.717, 1.165) is 12.8 Å². The molecule has 0 spiro atoms. The van der Waals surface area contributed by atoms with Crippen molar-refractivity contribution in [3.8, 4) is 33.4 Å². The van der Waals surface area contributed by atoms with Gasteiger partial charge < -0.3 is 0 Å². The van der Waals surface area contributed by atoms with Crippen molar-refractivity contribution in [2.45, 2.75) is 12.8 Å². The summed E-state index contributed by atoms with van der Waals surface area (Å²) in [6.07, 6.45) is 2.04. The number of hydrogen-bond donors (Lipinski definition) is 0. The van der Waals surface area contributed by atoms with Gasteiger partial charge in [-0.3, -0.25) is 0 Å². The summed E-state index contributed by atoms with van der Waals surface area (Å²) >= 11 is 0. The lowest BCUT2D eigenvalue weighted by molar-refractivity contribution is 1.24. The van der Waals surface area contributed by atoms with E-state index in [9.17, 15) is 0 Å². The van der Waals surface area contributed by atoms with Gasteiger partial charge in [-0.25, -0.2) is 0 Å².